The van der Waals surface area contributed by atoms with E-state index in [1.54, 1.807) is 16.7 Å². The van der Waals surface area contributed by atoms with Crippen LogP contribution in [0.3, 0.4) is 0 Å². The highest BCUT2D eigenvalue weighted by Gasteiger charge is 2.24. The highest BCUT2D eigenvalue weighted by atomic mass is 14.3. The van der Waals surface area contributed by atoms with Gasteiger partial charge in [-0.2, -0.15) is 0 Å². The summed E-state index contributed by atoms with van der Waals surface area (Å²) in [5.41, 5.74) is 10.7. The third-order valence-electron chi connectivity index (χ3n) is 7.24. The SMILES string of the molecule is C/C=C(\Cc1cc(C)c(C)c(CCC)c1)C1CCC(c2ccc(CC)cc2)CC1.CC.CC. The van der Waals surface area contributed by atoms with Crippen LogP contribution in [-0.2, 0) is 19.3 Å². The quantitative estimate of drug-likeness (QED) is 0.369. The Hall–Kier alpha value is -1.82. The van der Waals surface area contributed by atoms with Crippen molar-refractivity contribution in [1.29, 1.82) is 0 Å². The molecule has 0 heteroatoms. The van der Waals surface area contributed by atoms with Crippen molar-refractivity contribution < 1.29 is 0 Å². The molecular formula is C33H52. The Labute approximate surface area is 206 Å². The third kappa shape index (κ3) is 8.47. The van der Waals surface area contributed by atoms with Gasteiger partial charge in [0, 0.05) is 0 Å². The monoisotopic (exact) mass is 448 g/mol. The average Bonchev–Trinajstić information content (AvgIpc) is 2.88. The fourth-order valence-corrected chi connectivity index (χ4v) is 5.19. The van der Waals surface area contributed by atoms with Gasteiger partial charge in [0.15, 0.2) is 0 Å². The summed E-state index contributed by atoms with van der Waals surface area (Å²) >= 11 is 0. The second-order valence-electron chi connectivity index (χ2n) is 9.13. The molecule has 0 nitrogen and oxygen atoms in total. The van der Waals surface area contributed by atoms with Gasteiger partial charge in [-0.05, 0) is 111 Å². The molecule has 184 valence electrons. The molecule has 0 aliphatic heterocycles. The zero-order chi connectivity index (χ0) is 24.8. The Morgan fingerprint density at radius 1 is 0.848 bits per heavy atom. The molecule has 0 saturated heterocycles. The molecule has 3 rings (SSSR count). The van der Waals surface area contributed by atoms with Gasteiger partial charge in [-0.25, -0.2) is 0 Å². The average molecular weight is 449 g/mol. The fourth-order valence-electron chi connectivity index (χ4n) is 5.19. The van der Waals surface area contributed by atoms with E-state index >= 15 is 0 Å². The molecule has 0 atom stereocenters. The Bertz CT molecular complexity index is 814. The van der Waals surface area contributed by atoms with Crippen LogP contribution in [0.2, 0.25) is 0 Å². The van der Waals surface area contributed by atoms with Crippen LogP contribution >= 0.6 is 0 Å². The molecule has 1 aliphatic carbocycles. The molecule has 0 N–H and O–H groups in total. The van der Waals surface area contributed by atoms with Crippen molar-refractivity contribution in [1.82, 2.24) is 0 Å². The van der Waals surface area contributed by atoms with Crippen molar-refractivity contribution in [2.24, 2.45) is 5.92 Å². The van der Waals surface area contributed by atoms with Crippen LogP contribution in [0.4, 0.5) is 0 Å². The zero-order valence-electron chi connectivity index (χ0n) is 23.4. The van der Waals surface area contributed by atoms with Crippen molar-refractivity contribution in [2.75, 3.05) is 0 Å². The maximum atomic E-state index is 2.48. The second-order valence-corrected chi connectivity index (χ2v) is 9.13. The normalized spacial score (nSPS) is 18.0. The zero-order valence-corrected chi connectivity index (χ0v) is 23.4. The topological polar surface area (TPSA) is 0 Å². The summed E-state index contributed by atoms with van der Waals surface area (Å²) in [7, 11) is 0. The van der Waals surface area contributed by atoms with Crippen LogP contribution in [0.15, 0.2) is 48.0 Å². The van der Waals surface area contributed by atoms with Crippen molar-refractivity contribution in [3.05, 3.63) is 81.4 Å². The largest absolute Gasteiger partial charge is 0.0878 e. The maximum absolute atomic E-state index is 2.48. The summed E-state index contributed by atoms with van der Waals surface area (Å²) in [6.45, 7) is 19.3. The molecule has 1 fully saturated rings. The fraction of sp³-hybridized carbons (Fsp3) is 0.576. The highest BCUT2D eigenvalue weighted by Crippen LogP contribution is 2.39. The summed E-state index contributed by atoms with van der Waals surface area (Å²) in [6.07, 6.45) is 12.5. The summed E-state index contributed by atoms with van der Waals surface area (Å²) in [5.74, 6) is 1.52. The lowest BCUT2D eigenvalue weighted by Crippen LogP contribution is -2.16. The number of rotatable bonds is 7. The molecule has 0 aromatic heterocycles. The number of hydrogen-bond donors (Lipinski definition) is 0. The number of allylic oxidation sites excluding steroid dienone is 2. The summed E-state index contributed by atoms with van der Waals surface area (Å²) < 4.78 is 0. The summed E-state index contributed by atoms with van der Waals surface area (Å²) in [6, 6.07) is 14.3. The van der Waals surface area contributed by atoms with E-state index in [1.807, 2.05) is 27.7 Å². The van der Waals surface area contributed by atoms with Gasteiger partial charge < -0.3 is 0 Å². The number of benzene rings is 2. The predicted octanol–water partition coefficient (Wildman–Crippen LogP) is 10.3. The minimum absolute atomic E-state index is 0.757. The molecular weight excluding hydrogens is 396 g/mol. The highest BCUT2D eigenvalue weighted by molar-refractivity contribution is 5.39. The Balaban J connectivity index is 0.00000129. The lowest BCUT2D eigenvalue weighted by atomic mass is 9.74. The van der Waals surface area contributed by atoms with Crippen molar-refractivity contribution in [3.63, 3.8) is 0 Å². The van der Waals surface area contributed by atoms with Gasteiger partial charge in [-0.3, -0.25) is 0 Å². The minimum atomic E-state index is 0.757. The van der Waals surface area contributed by atoms with Gasteiger partial charge in [-0.1, -0.05) is 96.0 Å². The van der Waals surface area contributed by atoms with Crippen molar-refractivity contribution >= 4 is 0 Å². The van der Waals surface area contributed by atoms with Crippen LogP contribution in [-0.4, -0.2) is 0 Å². The van der Waals surface area contributed by atoms with E-state index in [2.05, 4.69) is 77.1 Å². The first kappa shape index (κ1) is 29.2. The van der Waals surface area contributed by atoms with Crippen LogP contribution in [0, 0.1) is 19.8 Å². The van der Waals surface area contributed by atoms with Gasteiger partial charge in [0.1, 0.15) is 0 Å². The first-order valence-electron chi connectivity index (χ1n) is 13.9. The molecule has 0 unspecified atom stereocenters. The molecule has 0 bridgehead atoms. The molecule has 33 heavy (non-hydrogen) atoms. The van der Waals surface area contributed by atoms with Crippen molar-refractivity contribution in [2.45, 2.75) is 120 Å². The molecule has 0 amide bonds. The van der Waals surface area contributed by atoms with E-state index in [9.17, 15) is 0 Å². The Morgan fingerprint density at radius 2 is 1.45 bits per heavy atom. The van der Waals surface area contributed by atoms with E-state index in [0.29, 0.717) is 0 Å². The minimum Gasteiger partial charge on any atom is -0.0878 e. The lowest BCUT2D eigenvalue weighted by molar-refractivity contribution is 0.359. The molecule has 0 heterocycles. The molecule has 2 aromatic rings. The van der Waals surface area contributed by atoms with Crippen LogP contribution < -0.4 is 0 Å². The molecule has 1 saturated carbocycles. The van der Waals surface area contributed by atoms with Crippen LogP contribution in [0.1, 0.15) is 120 Å². The third-order valence-corrected chi connectivity index (χ3v) is 7.24. The maximum Gasteiger partial charge on any atom is -0.00642 e. The van der Waals surface area contributed by atoms with Crippen LogP contribution in [0.25, 0.3) is 0 Å². The summed E-state index contributed by atoms with van der Waals surface area (Å²) in [5, 5.41) is 0. The molecule has 0 spiro atoms. The van der Waals surface area contributed by atoms with Gasteiger partial charge in [0.25, 0.3) is 0 Å². The Kier molecular flexibility index (Phi) is 14.1. The first-order chi connectivity index (χ1) is 16.0. The van der Waals surface area contributed by atoms with E-state index < -0.39 is 0 Å². The van der Waals surface area contributed by atoms with E-state index in [1.165, 1.54) is 60.8 Å². The van der Waals surface area contributed by atoms with Crippen molar-refractivity contribution in [3.8, 4) is 0 Å². The van der Waals surface area contributed by atoms with E-state index in [4.69, 9.17) is 0 Å². The van der Waals surface area contributed by atoms with Crippen LogP contribution in [0.5, 0.6) is 0 Å². The standard InChI is InChI=1S/C29H40.2C2H6/c1-6-9-29-20-24(18-21(4)22(29)5)19-25(8-3)26-14-16-28(17-15-26)27-12-10-23(7-2)11-13-27;2*1-2/h8,10-13,18,20,26,28H,6-7,9,14-17,19H2,1-5H3;2*1-2H3/b25-8+;;. The van der Waals surface area contributed by atoms with E-state index in [-0.39, 0.29) is 0 Å². The van der Waals surface area contributed by atoms with Gasteiger partial charge in [-0.15, -0.1) is 0 Å². The van der Waals surface area contributed by atoms with Gasteiger partial charge in [0.05, 0.1) is 0 Å². The second kappa shape index (κ2) is 15.9. The summed E-state index contributed by atoms with van der Waals surface area (Å²) in [4.78, 5) is 0. The number of aryl methyl sites for hydroxylation is 3. The van der Waals surface area contributed by atoms with Gasteiger partial charge in [0.2, 0.25) is 0 Å². The molecule has 1 aliphatic rings. The number of hydrogen-bond acceptors (Lipinski definition) is 0. The lowest BCUT2D eigenvalue weighted by Gasteiger charge is -2.31. The van der Waals surface area contributed by atoms with E-state index in [0.717, 1.165) is 24.7 Å². The smallest absolute Gasteiger partial charge is 0.00642 e. The Morgan fingerprint density at radius 3 is 1.97 bits per heavy atom. The molecule has 2 aromatic carbocycles. The molecule has 0 radical (unpaired) electrons. The predicted molar refractivity (Wildman–Crippen MR) is 151 cm³/mol. The first-order valence-corrected chi connectivity index (χ1v) is 13.9. The van der Waals surface area contributed by atoms with Gasteiger partial charge >= 0.3 is 0 Å².